The fourth-order valence-electron chi connectivity index (χ4n) is 3.33. The first-order valence-electron chi connectivity index (χ1n) is 8.94. The molecule has 1 fully saturated rings. The molecule has 0 saturated heterocycles. The first-order valence-corrected chi connectivity index (χ1v) is 8.94. The van der Waals surface area contributed by atoms with Gasteiger partial charge in [0.2, 0.25) is 0 Å². The molecule has 1 atom stereocenters. The number of rotatable bonds is 3. The second kappa shape index (κ2) is 6.96. The van der Waals surface area contributed by atoms with E-state index in [1.54, 1.807) is 6.08 Å². The minimum atomic E-state index is -0.967. The van der Waals surface area contributed by atoms with Crippen molar-refractivity contribution < 1.29 is 14.0 Å². The van der Waals surface area contributed by atoms with E-state index in [-0.39, 0.29) is 18.0 Å². The van der Waals surface area contributed by atoms with Crippen LogP contribution in [0.3, 0.4) is 0 Å². The van der Waals surface area contributed by atoms with E-state index in [2.05, 4.69) is 10.1 Å². The molecule has 1 aliphatic carbocycles. The number of nitrogens with zero attached hydrogens (tertiary/aromatic N) is 3. The molecule has 0 N–H and O–H groups in total. The van der Waals surface area contributed by atoms with Gasteiger partial charge in [0.1, 0.15) is 5.82 Å². The van der Waals surface area contributed by atoms with Gasteiger partial charge in [-0.2, -0.15) is 5.10 Å². The molecule has 1 aliphatic rings. The first-order chi connectivity index (χ1) is 13.4. The lowest BCUT2D eigenvalue weighted by molar-refractivity contribution is -0.126. The number of ketones is 2. The topological polar surface area (TPSA) is 64.8 Å². The van der Waals surface area contributed by atoms with Gasteiger partial charge in [-0.15, -0.1) is 0 Å². The van der Waals surface area contributed by atoms with Crippen molar-refractivity contribution in [2.24, 2.45) is 0 Å². The Balaban J connectivity index is 1.66. The summed E-state index contributed by atoms with van der Waals surface area (Å²) in [5.74, 6) is -0.956. The summed E-state index contributed by atoms with van der Waals surface area (Å²) in [5, 5.41) is 4.53. The molecule has 1 unspecified atom stereocenters. The molecule has 6 heteroatoms. The molecule has 0 aliphatic heterocycles. The maximum atomic E-state index is 13.0. The van der Waals surface area contributed by atoms with Gasteiger partial charge in [0, 0.05) is 23.3 Å². The molecular weight excluding hydrogens is 357 g/mol. The van der Waals surface area contributed by atoms with Gasteiger partial charge in [-0.1, -0.05) is 29.8 Å². The van der Waals surface area contributed by atoms with Crippen LogP contribution in [0.1, 0.15) is 29.4 Å². The minimum absolute atomic E-state index is 0.0156. The average Bonchev–Trinajstić information content (AvgIpc) is 3.17. The molecule has 0 bridgehead atoms. The standard InChI is InChI=1S/C22H18FN3O2/c1-13-3-5-15(6-4-13)19-9-14(2)26(25-19)21-20(27)11-16(22(21)28)10-18-8-7-17(23)12-24-18/h3-10,12,21H,11H2,1-2H3/b16-10-. The van der Waals surface area contributed by atoms with Crippen LogP contribution < -0.4 is 0 Å². The van der Waals surface area contributed by atoms with Gasteiger partial charge in [0.15, 0.2) is 17.6 Å². The van der Waals surface area contributed by atoms with E-state index in [1.165, 1.54) is 16.8 Å². The summed E-state index contributed by atoms with van der Waals surface area (Å²) in [6, 6.07) is 11.6. The van der Waals surface area contributed by atoms with E-state index >= 15 is 0 Å². The number of pyridine rings is 1. The smallest absolute Gasteiger partial charge is 0.191 e. The summed E-state index contributed by atoms with van der Waals surface area (Å²) in [5.41, 5.74) is 4.33. The Bertz CT molecular complexity index is 1100. The van der Waals surface area contributed by atoms with Crippen LogP contribution in [0.2, 0.25) is 0 Å². The van der Waals surface area contributed by atoms with Crippen molar-refractivity contribution in [2.75, 3.05) is 0 Å². The zero-order valence-corrected chi connectivity index (χ0v) is 15.5. The highest BCUT2D eigenvalue weighted by atomic mass is 19.1. The fourth-order valence-corrected chi connectivity index (χ4v) is 3.33. The molecule has 4 rings (SSSR count). The van der Waals surface area contributed by atoms with Crippen molar-refractivity contribution in [3.8, 4) is 11.3 Å². The van der Waals surface area contributed by atoms with Crippen LogP contribution in [0.15, 0.2) is 54.2 Å². The number of carbonyl (C=O) groups excluding carboxylic acids is 2. The quantitative estimate of drug-likeness (QED) is 0.515. The molecule has 140 valence electrons. The molecule has 2 aromatic heterocycles. The molecule has 0 amide bonds. The Labute approximate surface area is 161 Å². The van der Waals surface area contributed by atoms with Crippen molar-refractivity contribution in [1.29, 1.82) is 0 Å². The Kier molecular flexibility index (Phi) is 4.47. The van der Waals surface area contributed by atoms with Gasteiger partial charge in [-0.25, -0.2) is 4.39 Å². The third-order valence-electron chi connectivity index (χ3n) is 4.82. The van der Waals surface area contributed by atoms with Crippen molar-refractivity contribution in [3.63, 3.8) is 0 Å². The largest absolute Gasteiger partial charge is 0.296 e. The summed E-state index contributed by atoms with van der Waals surface area (Å²) in [6.07, 6.45) is 2.64. The number of hydrogen-bond acceptors (Lipinski definition) is 4. The van der Waals surface area contributed by atoms with Gasteiger partial charge in [0.25, 0.3) is 0 Å². The number of hydrogen-bond donors (Lipinski definition) is 0. The maximum Gasteiger partial charge on any atom is 0.191 e. The predicted molar refractivity (Wildman–Crippen MR) is 103 cm³/mol. The van der Waals surface area contributed by atoms with Crippen LogP contribution in [-0.4, -0.2) is 26.3 Å². The third kappa shape index (κ3) is 3.29. The minimum Gasteiger partial charge on any atom is -0.296 e. The second-order valence-electron chi connectivity index (χ2n) is 6.96. The molecule has 1 saturated carbocycles. The van der Waals surface area contributed by atoms with Crippen molar-refractivity contribution in [2.45, 2.75) is 26.3 Å². The van der Waals surface area contributed by atoms with Crippen LogP contribution in [-0.2, 0) is 9.59 Å². The number of carbonyl (C=O) groups is 2. The monoisotopic (exact) mass is 375 g/mol. The van der Waals surface area contributed by atoms with Crippen LogP contribution in [0.25, 0.3) is 17.3 Å². The summed E-state index contributed by atoms with van der Waals surface area (Å²) in [4.78, 5) is 29.4. The number of halogens is 1. The average molecular weight is 375 g/mol. The second-order valence-corrected chi connectivity index (χ2v) is 6.96. The Hall–Kier alpha value is -3.41. The predicted octanol–water partition coefficient (Wildman–Crippen LogP) is 3.87. The molecule has 0 radical (unpaired) electrons. The molecule has 5 nitrogen and oxygen atoms in total. The lowest BCUT2D eigenvalue weighted by Gasteiger charge is -2.09. The molecule has 0 spiro atoms. The molecular formula is C22H18FN3O2. The number of benzene rings is 1. The summed E-state index contributed by atoms with van der Waals surface area (Å²) >= 11 is 0. The highest BCUT2D eigenvalue weighted by Crippen LogP contribution is 2.31. The summed E-state index contributed by atoms with van der Waals surface area (Å²) < 4.78 is 14.5. The van der Waals surface area contributed by atoms with Crippen molar-refractivity contribution in [1.82, 2.24) is 14.8 Å². The fraction of sp³-hybridized carbons (Fsp3) is 0.182. The van der Waals surface area contributed by atoms with Gasteiger partial charge in [-0.3, -0.25) is 19.3 Å². The van der Waals surface area contributed by atoms with Gasteiger partial charge in [-0.05, 0) is 38.1 Å². The zero-order valence-electron chi connectivity index (χ0n) is 15.5. The van der Waals surface area contributed by atoms with Crippen LogP contribution in [0.4, 0.5) is 4.39 Å². The van der Waals surface area contributed by atoms with E-state index in [1.807, 2.05) is 44.2 Å². The van der Waals surface area contributed by atoms with E-state index < -0.39 is 11.9 Å². The van der Waals surface area contributed by atoms with Crippen LogP contribution >= 0.6 is 0 Å². The van der Waals surface area contributed by atoms with Crippen LogP contribution in [0, 0.1) is 19.7 Å². The Morgan fingerprint density at radius 1 is 1.11 bits per heavy atom. The Morgan fingerprint density at radius 3 is 2.54 bits per heavy atom. The normalized spacial score (nSPS) is 18.2. The van der Waals surface area contributed by atoms with Crippen molar-refractivity contribution >= 4 is 17.6 Å². The summed E-state index contributed by atoms with van der Waals surface area (Å²) in [7, 11) is 0. The van der Waals surface area contributed by atoms with E-state index in [4.69, 9.17) is 0 Å². The first kappa shape index (κ1) is 18.0. The lowest BCUT2D eigenvalue weighted by atomic mass is 10.1. The zero-order chi connectivity index (χ0) is 19.8. The number of aromatic nitrogens is 3. The molecule has 1 aromatic carbocycles. The maximum absolute atomic E-state index is 13.0. The van der Waals surface area contributed by atoms with Gasteiger partial charge >= 0.3 is 0 Å². The highest BCUT2D eigenvalue weighted by Gasteiger charge is 2.39. The molecule has 3 aromatic rings. The SMILES string of the molecule is Cc1ccc(-c2cc(C)n(C3C(=O)C/C(=C/c4ccc(F)cn4)C3=O)n2)cc1. The molecule has 2 heterocycles. The number of Topliss-reactive ketones (excluding diaryl/α,β-unsaturated/α-hetero) is 2. The van der Waals surface area contributed by atoms with Crippen LogP contribution in [0.5, 0.6) is 0 Å². The highest BCUT2D eigenvalue weighted by molar-refractivity contribution is 6.22. The van der Waals surface area contributed by atoms with E-state index in [0.29, 0.717) is 11.3 Å². The third-order valence-corrected chi connectivity index (χ3v) is 4.82. The number of allylic oxidation sites excluding steroid dienone is 1. The van der Waals surface area contributed by atoms with Gasteiger partial charge in [0.05, 0.1) is 17.6 Å². The lowest BCUT2D eigenvalue weighted by Crippen LogP contribution is -2.22. The van der Waals surface area contributed by atoms with E-state index in [9.17, 15) is 14.0 Å². The Morgan fingerprint density at radius 2 is 1.86 bits per heavy atom. The molecule has 28 heavy (non-hydrogen) atoms. The van der Waals surface area contributed by atoms with Crippen molar-refractivity contribution in [3.05, 3.63) is 77.0 Å². The number of aryl methyl sites for hydroxylation is 2. The van der Waals surface area contributed by atoms with Gasteiger partial charge < -0.3 is 0 Å². The summed E-state index contributed by atoms with van der Waals surface area (Å²) in [6.45, 7) is 3.84. The van der Waals surface area contributed by atoms with E-state index in [0.717, 1.165) is 28.7 Å².